The molecule has 152 valence electrons. The van der Waals surface area contributed by atoms with E-state index in [9.17, 15) is 13.2 Å². The molecule has 1 atom stereocenters. The van der Waals surface area contributed by atoms with Crippen molar-refractivity contribution in [1.82, 2.24) is 19.8 Å². The minimum Gasteiger partial charge on any atom is -0.442 e. The van der Waals surface area contributed by atoms with Crippen molar-refractivity contribution in [1.29, 1.82) is 0 Å². The minimum absolute atomic E-state index is 0.0237. The van der Waals surface area contributed by atoms with E-state index in [4.69, 9.17) is 4.42 Å². The van der Waals surface area contributed by atoms with E-state index in [2.05, 4.69) is 15.5 Å². The van der Waals surface area contributed by atoms with Crippen LogP contribution in [0.1, 0.15) is 44.9 Å². The lowest BCUT2D eigenvalue weighted by atomic mass is 9.93. The highest BCUT2D eigenvalue weighted by Crippen LogP contribution is 2.28. The van der Waals surface area contributed by atoms with Crippen LogP contribution in [0, 0.1) is 5.92 Å². The van der Waals surface area contributed by atoms with Gasteiger partial charge < -0.3 is 9.73 Å². The number of sulfonamides is 1. The molecule has 8 nitrogen and oxygen atoms in total. The molecule has 28 heavy (non-hydrogen) atoms. The van der Waals surface area contributed by atoms with E-state index in [1.54, 1.807) is 18.3 Å². The SMILES string of the molecule is O=C(NC1CCCCC1)[C@@H]1CCCN(S(=O)(=O)c2ccc(-c3ccn[nH]3)o2)C1. The Bertz CT molecular complexity index is 900. The molecule has 0 radical (unpaired) electrons. The number of H-pyrrole nitrogens is 1. The Morgan fingerprint density at radius 3 is 2.71 bits per heavy atom. The van der Waals surface area contributed by atoms with Crippen LogP contribution in [0.3, 0.4) is 0 Å². The normalized spacial score (nSPS) is 22.2. The second-order valence-electron chi connectivity index (χ2n) is 7.63. The van der Waals surface area contributed by atoms with Crippen molar-refractivity contribution in [2.75, 3.05) is 13.1 Å². The fourth-order valence-corrected chi connectivity index (χ4v) is 5.50. The molecule has 2 fully saturated rings. The van der Waals surface area contributed by atoms with Gasteiger partial charge >= 0.3 is 0 Å². The second kappa shape index (κ2) is 8.08. The molecule has 1 saturated carbocycles. The first kappa shape index (κ1) is 19.2. The van der Waals surface area contributed by atoms with Crippen LogP contribution in [-0.4, -0.2) is 48.0 Å². The molecule has 2 N–H and O–H groups in total. The van der Waals surface area contributed by atoms with E-state index in [-0.39, 0.29) is 29.5 Å². The molecule has 0 aromatic carbocycles. The van der Waals surface area contributed by atoms with Gasteiger partial charge in [-0.15, -0.1) is 0 Å². The number of rotatable bonds is 5. The number of nitrogens with one attached hydrogen (secondary N) is 2. The maximum atomic E-state index is 13.0. The van der Waals surface area contributed by atoms with E-state index < -0.39 is 10.0 Å². The molecule has 4 rings (SSSR count). The molecule has 2 aromatic heterocycles. The van der Waals surface area contributed by atoms with E-state index in [1.165, 1.54) is 16.8 Å². The van der Waals surface area contributed by atoms with Crippen LogP contribution in [0.2, 0.25) is 0 Å². The van der Waals surface area contributed by atoms with Crippen molar-refractivity contribution in [2.24, 2.45) is 5.92 Å². The lowest BCUT2D eigenvalue weighted by molar-refractivity contribution is -0.127. The van der Waals surface area contributed by atoms with Gasteiger partial charge in [0.1, 0.15) is 5.69 Å². The highest BCUT2D eigenvalue weighted by molar-refractivity contribution is 7.89. The van der Waals surface area contributed by atoms with Gasteiger partial charge in [-0.05, 0) is 43.9 Å². The number of aromatic amines is 1. The molecular weight excluding hydrogens is 380 g/mol. The Morgan fingerprint density at radius 2 is 1.96 bits per heavy atom. The largest absolute Gasteiger partial charge is 0.442 e. The first-order valence-corrected chi connectivity index (χ1v) is 11.4. The minimum atomic E-state index is -3.78. The summed E-state index contributed by atoms with van der Waals surface area (Å²) >= 11 is 0. The molecule has 0 bridgehead atoms. The lowest BCUT2D eigenvalue weighted by Crippen LogP contribution is -2.47. The number of amides is 1. The van der Waals surface area contributed by atoms with Gasteiger partial charge in [0.2, 0.25) is 11.0 Å². The fraction of sp³-hybridized carbons (Fsp3) is 0.579. The molecule has 9 heteroatoms. The summed E-state index contributed by atoms with van der Waals surface area (Å²) in [6, 6.07) is 5.01. The number of hydrogen-bond donors (Lipinski definition) is 2. The lowest BCUT2D eigenvalue weighted by Gasteiger charge is -2.32. The van der Waals surface area contributed by atoms with E-state index in [1.807, 2.05) is 0 Å². The summed E-state index contributed by atoms with van der Waals surface area (Å²) in [6.07, 6.45) is 8.50. The average molecular weight is 407 g/mol. The molecule has 0 unspecified atom stereocenters. The average Bonchev–Trinajstić information content (AvgIpc) is 3.41. The third kappa shape index (κ3) is 4.00. The predicted molar refractivity (Wildman–Crippen MR) is 103 cm³/mol. The Hall–Kier alpha value is -2.13. The van der Waals surface area contributed by atoms with Crippen molar-refractivity contribution in [3.63, 3.8) is 0 Å². The van der Waals surface area contributed by atoms with Crippen LogP contribution >= 0.6 is 0 Å². The molecule has 1 saturated heterocycles. The van der Waals surface area contributed by atoms with Gasteiger partial charge in [-0.3, -0.25) is 9.89 Å². The maximum absolute atomic E-state index is 13.0. The smallest absolute Gasteiger partial charge is 0.276 e. The highest BCUT2D eigenvalue weighted by atomic mass is 32.2. The van der Waals surface area contributed by atoms with Crippen molar-refractivity contribution in [3.05, 3.63) is 24.4 Å². The topological polar surface area (TPSA) is 108 Å². The molecule has 1 amide bonds. The molecule has 1 aliphatic heterocycles. The Balaban J connectivity index is 1.43. The second-order valence-corrected chi connectivity index (χ2v) is 9.50. The van der Waals surface area contributed by atoms with Crippen LogP contribution in [0.15, 0.2) is 33.9 Å². The number of hydrogen-bond acceptors (Lipinski definition) is 5. The van der Waals surface area contributed by atoms with Crippen LogP contribution < -0.4 is 5.32 Å². The van der Waals surface area contributed by atoms with Crippen molar-refractivity contribution in [3.8, 4) is 11.5 Å². The zero-order valence-corrected chi connectivity index (χ0v) is 16.6. The van der Waals surface area contributed by atoms with Crippen molar-refractivity contribution < 1.29 is 17.6 Å². The third-order valence-corrected chi connectivity index (χ3v) is 7.39. The quantitative estimate of drug-likeness (QED) is 0.793. The number of nitrogens with zero attached hydrogens (tertiary/aromatic N) is 2. The highest BCUT2D eigenvalue weighted by Gasteiger charge is 2.35. The van der Waals surface area contributed by atoms with Crippen molar-refractivity contribution >= 4 is 15.9 Å². The fourth-order valence-electron chi connectivity index (χ4n) is 4.06. The predicted octanol–water partition coefficient (Wildman–Crippen LogP) is 2.52. The van der Waals surface area contributed by atoms with Gasteiger partial charge in [-0.25, -0.2) is 8.42 Å². The summed E-state index contributed by atoms with van der Waals surface area (Å²) in [7, 11) is -3.78. The molecule has 3 heterocycles. The molecule has 2 aliphatic rings. The van der Waals surface area contributed by atoms with Crippen LogP contribution in [0.4, 0.5) is 0 Å². The Labute approximate surface area is 164 Å². The summed E-state index contributed by atoms with van der Waals surface area (Å²) in [5.41, 5.74) is 0.616. The Morgan fingerprint density at radius 1 is 1.14 bits per heavy atom. The number of piperidine rings is 1. The summed E-state index contributed by atoms with van der Waals surface area (Å²) in [5, 5.41) is 9.62. The summed E-state index contributed by atoms with van der Waals surface area (Å²) < 4.78 is 32.9. The van der Waals surface area contributed by atoms with Gasteiger partial charge in [0.15, 0.2) is 5.76 Å². The van der Waals surface area contributed by atoms with E-state index in [0.29, 0.717) is 30.8 Å². The van der Waals surface area contributed by atoms with E-state index >= 15 is 0 Å². The zero-order chi connectivity index (χ0) is 19.6. The molecular formula is C19H26N4O4S. The van der Waals surface area contributed by atoms with Crippen LogP contribution in [-0.2, 0) is 14.8 Å². The van der Waals surface area contributed by atoms with Crippen LogP contribution in [0.25, 0.3) is 11.5 Å². The number of carbonyl (C=O) groups excluding carboxylic acids is 1. The number of carbonyl (C=O) groups is 1. The number of aromatic nitrogens is 2. The molecule has 1 aliphatic carbocycles. The van der Waals surface area contributed by atoms with Gasteiger partial charge in [-0.2, -0.15) is 9.40 Å². The molecule has 2 aromatic rings. The standard InChI is InChI=1S/C19H26N4O4S/c24-19(21-15-6-2-1-3-7-15)14-5-4-12-23(13-14)28(25,26)18-9-8-17(27-18)16-10-11-20-22-16/h8-11,14-15H,1-7,12-13H2,(H,20,22)(H,21,24)/t14-/m1/s1. The monoisotopic (exact) mass is 406 g/mol. The first-order valence-electron chi connectivity index (χ1n) is 9.94. The summed E-state index contributed by atoms with van der Waals surface area (Å²) in [6.45, 7) is 0.594. The zero-order valence-electron chi connectivity index (χ0n) is 15.8. The first-order chi connectivity index (χ1) is 13.5. The summed E-state index contributed by atoms with van der Waals surface area (Å²) in [5.74, 6) is 0.0801. The summed E-state index contributed by atoms with van der Waals surface area (Å²) in [4.78, 5) is 12.7. The Kier molecular flexibility index (Phi) is 5.54. The van der Waals surface area contributed by atoms with Crippen molar-refractivity contribution in [2.45, 2.75) is 56.1 Å². The third-order valence-electron chi connectivity index (χ3n) is 5.65. The van der Waals surface area contributed by atoms with E-state index in [0.717, 1.165) is 25.7 Å². The van der Waals surface area contributed by atoms with Gasteiger partial charge in [-0.1, -0.05) is 19.3 Å². The maximum Gasteiger partial charge on any atom is 0.276 e. The van der Waals surface area contributed by atoms with Gasteiger partial charge in [0.05, 0.1) is 5.92 Å². The number of furan rings is 1. The van der Waals surface area contributed by atoms with Gasteiger partial charge in [0.25, 0.3) is 10.0 Å². The van der Waals surface area contributed by atoms with Crippen LogP contribution in [0.5, 0.6) is 0 Å². The molecule has 0 spiro atoms. The van der Waals surface area contributed by atoms with Gasteiger partial charge in [0, 0.05) is 25.3 Å².